The second-order valence-electron chi connectivity index (χ2n) is 7.31. The first-order chi connectivity index (χ1) is 11.7. The highest BCUT2D eigenvalue weighted by molar-refractivity contribution is 5.94. The van der Waals surface area contributed by atoms with Crippen molar-refractivity contribution < 1.29 is 28.6 Å². The number of fused-ring (bicyclic) bond motifs is 2. The van der Waals surface area contributed by atoms with Gasteiger partial charge < -0.3 is 14.2 Å². The van der Waals surface area contributed by atoms with Gasteiger partial charge in [0.1, 0.15) is 5.75 Å². The molecule has 0 N–H and O–H groups in total. The van der Waals surface area contributed by atoms with Gasteiger partial charge in [-0.3, -0.25) is 4.79 Å². The molecule has 2 aliphatic rings. The van der Waals surface area contributed by atoms with E-state index in [2.05, 4.69) is 0 Å². The van der Waals surface area contributed by atoms with E-state index in [0.717, 1.165) is 0 Å². The highest BCUT2D eigenvalue weighted by Gasteiger charge is 2.76. The fourth-order valence-electron chi connectivity index (χ4n) is 3.77. The third kappa shape index (κ3) is 2.27. The van der Waals surface area contributed by atoms with Crippen LogP contribution >= 0.6 is 0 Å². The zero-order chi connectivity index (χ0) is 18.5. The molecular weight excluding hydrogens is 324 g/mol. The molecule has 1 heterocycles. The number of carbonyl (C=O) groups excluding carboxylic acids is 3. The molecular formula is C19H22O6. The Hall–Kier alpha value is -2.37. The van der Waals surface area contributed by atoms with Gasteiger partial charge in [-0.25, -0.2) is 9.59 Å². The van der Waals surface area contributed by atoms with E-state index in [4.69, 9.17) is 14.2 Å². The molecule has 0 aromatic heterocycles. The van der Waals surface area contributed by atoms with Crippen LogP contribution in [0, 0.1) is 10.8 Å². The molecule has 1 saturated heterocycles. The fraction of sp³-hybridized carbons (Fsp3) is 0.526. The average Bonchev–Trinajstić information content (AvgIpc) is 2.86. The van der Waals surface area contributed by atoms with Crippen LogP contribution in [0.25, 0.3) is 0 Å². The van der Waals surface area contributed by atoms with Crippen LogP contribution in [0.1, 0.15) is 50.9 Å². The first-order valence-electron chi connectivity index (χ1n) is 8.41. The van der Waals surface area contributed by atoms with Crippen LogP contribution in [0.4, 0.5) is 0 Å². The van der Waals surface area contributed by atoms with Gasteiger partial charge in [-0.2, -0.15) is 0 Å². The molecule has 2 atom stereocenters. The Balaban J connectivity index is 1.79. The summed E-state index contributed by atoms with van der Waals surface area (Å²) in [5, 5.41) is 0. The van der Waals surface area contributed by atoms with Crippen molar-refractivity contribution in [1.29, 1.82) is 0 Å². The molecule has 1 aromatic carbocycles. The predicted molar refractivity (Wildman–Crippen MR) is 88.0 cm³/mol. The van der Waals surface area contributed by atoms with Crippen molar-refractivity contribution in [3.05, 3.63) is 29.8 Å². The number of benzene rings is 1. The topological polar surface area (TPSA) is 78.9 Å². The molecule has 1 aliphatic carbocycles. The summed E-state index contributed by atoms with van der Waals surface area (Å²) in [6, 6.07) is 6.11. The van der Waals surface area contributed by atoms with Crippen molar-refractivity contribution >= 4 is 17.9 Å². The van der Waals surface area contributed by atoms with Gasteiger partial charge in [0.2, 0.25) is 5.60 Å². The number of carbonyl (C=O) groups is 3. The van der Waals surface area contributed by atoms with Gasteiger partial charge in [-0.1, -0.05) is 13.8 Å². The Bertz CT molecular complexity index is 735. The summed E-state index contributed by atoms with van der Waals surface area (Å²) in [5.74, 6) is -1.06. The Morgan fingerprint density at radius 2 is 1.76 bits per heavy atom. The maximum atomic E-state index is 12.8. The number of hydrogen-bond acceptors (Lipinski definition) is 6. The summed E-state index contributed by atoms with van der Waals surface area (Å²) in [7, 11) is 0. The molecule has 1 aromatic rings. The van der Waals surface area contributed by atoms with Crippen LogP contribution < -0.4 is 4.74 Å². The summed E-state index contributed by atoms with van der Waals surface area (Å²) in [6.07, 6.45) is 1.04. The molecule has 0 radical (unpaired) electrons. The summed E-state index contributed by atoms with van der Waals surface area (Å²) < 4.78 is 15.9. The lowest BCUT2D eigenvalue weighted by Gasteiger charge is -2.34. The van der Waals surface area contributed by atoms with Crippen LogP contribution in [0.3, 0.4) is 0 Å². The molecule has 0 unspecified atom stereocenters. The van der Waals surface area contributed by atoms with Crippen molar-refractivity contribution in [2.45, 2.75) is 46.1 Å². The Morgan fingerprint density at radius 3 is 2.24 bits per heavy atom. The summed E-state index contributed by atoms with van der Waals surface area (Å²) >= 11 is 0. The number of hydrogen-bond donors (Lipinski definition) is 0. The van der Waals surface area contributed by atoms with Gasteiger partial charge >= 0.3 is 17.9 Å². The van der Waals surface area contributed by atoms with Crippen molar-refractivity contribution in [2.75, 3.05) is 6.61 Å². The smallest absolute Gasteiger partial charge is 0.356 e. The molecule has 2 fully saturated rings. The second-order valence-corrected chi connectivity index (χ2v) is 7.31. The molecule has 1 saturated carbocycles. The van der Waals surface area contributed by atoms with E-state index in [9.17, 15) is 14.4 Å². The average molecular weight is 346 g/mol. The summed E-state index contributed by atoms with van der Waals surface area (Å²) in [5.41, 5.74) is -2.22. The summed E-state index contributed by atoms with van der Waals surface area (Å²) in [4.78, 5) is 36.7. The number of rotatable bonds is 4. The molecule has 6 heteroatoms. The molecule has 134 valence electrons. The zero-order valence-corrected chi connectivity index (χ0v) is 14.9. The first kappa shape index (κ1) is 17.5. The quantitative estimate of drug-likeness (QED) is 0.616. The number of ether oxygens (including phenoxy) is 3. The Labute approximate surface area is 146 Å². The fourth-order valence-corrected chi connectivity index (χ4v) is 3.77. The van der Waals surface area contributed by atoms with Crippen molar-refractivity contribution in [1.82, 2.24) is 0 Å². The van der Waals surface area contributed by atoms with Crippen LogP contribution in [-0.2, 0) is 19.1 Å². The van der Waals surface area contributed by atoms with Gasteiger partial charge in [0.15, 0.2) is 0 Å². The van der Waals surface area contributed by atoms with Crippen molar-refractivity contribution in [3.63, 3.8) is 0 Å². The Morgan fingerprint density at radius 1 is 1.12 bits per heavy atom. The second kappa shape index (κ2) is 5.58. The molecule has 25 heavy (non-hydrogen) atoms. The minimum atomic E-state index is -1.27. The van der Waals surface area contributed by atoms with E-state index in [-0.39, 0.29) is 12.6 Å². The molecule has 0 spiro atoms. The molecule has 0 amide bonds. The van der Waals surface area contributed by atoms with E-state index in [0.29, 0.717) is 24.2 Å². The largest absolute Gasteiger partial charge is 0.462 e. The van der Waals surface area contributed by atoms with Crippen molar-refractivity contribution in [3.8, 4) is 5.75 Å². The van der Waals surface area contributed by atoms with E-state index in [1.54, 1.807) is 6.92 Å². The highest BCUT2D eigenvalue weighted by Crippen LogP contribution is 2.65. The first-order valence-corrected chi connectivity index (χ1v) is 8.41. The molecule has 3 rings (SSSR count). The van der Waals surface area contributed by atoms with Crippen LogP contribution in [0.15, 0.2) is 24.3 Å². The predicted octanol–water partition coefficient (Wildman–Crippen LogP) is 2.89. The van der Waals surface area contributed by atoms with E-state index < -0.39 is 28.4 Å². The van der Waals surface area contributed by atoms with Crippen LogP contribution in [0.5, 0.6) is 5.75 Å². The Kier molecular flexibility index (Phi) is 3.89. The SMILES string of the molecule is CCOC(=O)c1ccc(OC(=O)[C@@]23CC[C@@](C)(C(=O)O2)C3(C)C)cc1. The van der Waals surface area contributed by atoms with Gasteiger partial charge in [0, 0.05) is 5.41 Å². The normalized spacial score (nSPS) is 29.2. The molecule has 1 aliphatic heterocycles. The third-order valence-corrected chi connectivity index (χ3v) is 5.99. The van der Waals surface area contributed by atoms with E-state index >= 15 is 0 Å². The maximum absolute atomic E-state index is 12.8. The van der Waals surface area contributed by atoms with Gasteiger partial charge in [-0.15, -0.1) is 0 Å². The van der Waals surface area contributed by atoms with Gasteiger partial charge in [0.25, 0.3) is 0 Å². The lowest BCUT2D eigenvalue weighted by Crippen LogP contribution is -2.50. The van der Waals surface area contributed by atoms with Crippen molar-refractivity contribution in [2.24, 2.45) is 10.8 Å². The van der Waals surface area contributed by atoms with E-state index in [1.807, 2.05) is 20.8 Å². The minimum Gasteiger partial charge on any atom is -0.462 e. The lowest BCUT2D eigenvalue weighted by atomic mass is 9.66. The molecule has 2 bridgehead atoms. The third-order valence-electron chi connectivity index (χ3n) is 5.99. The molecule has 6 nitrogen and oxygen atoms in total. The van der Waals surface area contributed by atoms with E-state index in [1.165, 1.54) is 24.3 Å². The van der Waals surface area contributed by atoms with Crippen LogP contribution in [0.2, 0.25) is 0 Å². The van der Waals surface area contributed by atoms with Gasteiger partial charge in [-0.05, 0) is 51.0 Å². The van der Waals surface area contributed by atoms with Gasteiger partial charge in [0.05, 0.1) is 17.6 Å². The minimum absolute atomic E-state index is 0.289. The monoisotopic (exact) mass is 346 g/mol. The lowest BCUT2D eigenvalue weighted by molar-refractivity contribution is -0.176. The number of esters is 3. The van der Waals surface area contributed by atoms with Crippen LogP contribution in [-0.4, -0.2) is 30.1 Å². The standard InChI is InChI=1S/C19H22O6/c1-5-23-14(20)12-6-8-13(9-7-12)24-16(22)19-11-10-18(4,15(21)25-19)17(19,2)3/h6-9H,5,10-11H2,1-4H3/t18-,19+/m0/s1. The highest BCUT2D eigenvalue weighted by atomic mass is 16.6. The summed E-state index contributed by atoms with van der Waals surface area (Å²) in [6.45, 7) is 7.60. The zero-order valence-electron chi connectivity index (χ0n) is 14.9. The maximum Gasteiger partial charge on any atom is 0.356 e.